The van der Waals surface area contributed by atoms with Crippen molar-refractivity contribution in [1.29, 1.82) is 0 Å². The molecule has 9 heteroatoms. The highest BCUT2D eigenvalue weighted by Gasteiger charge is 2.74. The Hall–Kier alpha value is -2.82. The van der Waals surface area contributed by atoms with Crippen LogP contribution in [0.15, 0.2) is 48.0 Å². The SMILES string of the molecule is CC(=O)O[C@H]1C[C@@]2(C)[C@@H](C[C@@H](O)[C@@H]3[C@]2(N)CC[C@@]2(N)[C@H](N)[C@H](O)CC[C@]32C)/C1=C(/C(=O)O)c1ccc2ccccc2c1. The summed E-state index contributed by atoms with van der Waals surface area (Å²) in [5.74, 6) is -2.52. The normalized spacial score (nSPS) is 44.1. The van der Waals surface area contributed by atoms with E-state index in [1.165, 1.54) is 6.92 Å². The Morgan fingerprint density at radius 3 is 2.26 bits per heavy atom. The van der Waals surface area contributed by atoms with Crippen molar-refractivity contribution in [3.05, 3.63) is 53.6 Å². The van der Waals surface area contributed by atoms with Crippen molar-refractivity contribution in [3.63, 3.8) is 0 Å². The van der Waals surface area contributed by atoms with Crippen molar-refractivity contribution in [2.45, 2.75) is 94.7 Å². The van der Waals surface area contributed by atoms with Crippen LogP contribution >= 0.6 is 0 Å². The smallest absolute Gasteiger partial charge is 0.336 e. The molecule has 4 fully saturated rings. The van der Waals surface area contributed by atoms with Gasteiger partial charge in [0.1, 0.15) is 6.10 Å². The average Bonchev–Trinajstić information content (AvgIpc) is 3.20. The van der Waals surface area contributed by atoms with E-state index >= 15 is 0 Å². The molecule has 4 aliphatic rings. The number of ether oxygens (including phenoxy) is 1. The number of carbonyl (C=O) groups is 2. The van der Waals surface area contributed by atoms with E-state index in [4.69, 9.17) is 21.9 Å². The first-order valence-electron chi connectivity index (χ1n) is 15.0. The molecule has 42 heavy (non-hydrogen) atoms. The van der Waals surface area contributed by atoms with Gasteiger partial charge in [0.15, 0.2) is 0 Å². The van der Waals surface area contributed by atoms with Crippen LogP contribution in [0.4, 0.5) is 0 Å². The molecule has 4 aliphatic carbocycles. The van der Waals surface area contributed by atoms with Crippen LogP contribution in [0.1, 0.15) is 64.9 Å². The van der Waals surface area contributed by atoms with Crippen LogP contribution in [0.3, 0.4) is 0 Å². The first kappa shape index (κ1) is 29.3. The minimum atomic E-state index is -1.12. The quantitative estimate of drug-likeness (QED) is 0.236. The Bertz CT molecular complexity index is 1490. The number of hydrogen-bond donors (Lipinski definition) is 6. The van der Waals surface area contributed by atoms with Crippen molar-refractivity contribution in [2.75, 3.05) is 0 Å². The molecule has 0 aliphatic heterocycles. The van der Waals surface area contributed by atoms with Crippen molar-refractivity contribution in [1.82, 2.24) is 0 Å². The lowest BCUT2D eigenvalue weighted by molar-refractivity contribution is -0.201. The number of aliphatic carboxylic acids is 1. The summed E-state index contributed by atoms with van der Waals surface area (Å²) in [7, 11) is 0. The van der Waals surface area contributed by atoms with Crippen LogP contribution in [-0.2, 0) is 14.3 Å². The van der Waals surface area contributed by atoms with E-state index in [0.29, 0.717) is 43.2 Å². The number of aliphatic hydroxyl groups is 2. The second-order valence-electron chi connectivity index (χ2n) is 13.9. The summed E-state index contributed by atoms with van der Waals surface area (Å²) in [6.45, 7) is 5.43. The van der Waals surface area contributed by atoms with Crippen LogP contribution in [0.25, 0.3) is 16.3 Å². The van der Waals surface area contributed by atoms with Gasteiger partial charge in [-0.1, -0.05) is 50.2 Å². The molecule has 6 rings (SSSR count). The maximum atomic E-state index is 13.1. The summed E-state index contributed by atoms with van der Waals surface area (Å²) in [5, 5.41) is 35.2. The molecule has 0 heterocycles. The lowest BCUT2D eigenvalue weighted by atomic mass is 9.37. The standard InChI is InChI=1S/C33H43N3O6/c1-17(37)42-24-16-31(3)21(26(24)25(29(40)41)20-9-8-18-6-4-5-7-19(18)14-20)15-23(39)27-30(2)11-10-22(38)28(34)33(30,36)13-12-32(27,31)35/h4-9,14,21-24,27-28,38-39H,10-13,15-16,34-36H2,1-3H3,(H,40,41)/b26-25-/t21-,22+,23+,24-,27-,28+,30+,31-,32+,33+/m0/s1. The highest BCUT2D eigenvalue weighted by Crippen LogP contribution is 2.70. The molecule has 0 aromatic heterocycles. The Balaban J connectivity index is 1.53. The van der Waals surface area contributed by atoms with E-state index in [1.54, 1.807) is 6.07 Å². The highest BCUT2D eigenvalue weighted by molar-refractivity contribution is 6.17. The van der Waals surface area contributed by atoms with Crippen LogP contribution in [0, 0.1) is 22.7 Å². The molecule has 9 nitrogen and oxygen atoms in total. The summed E-state index contributed by atoms with van der Waals surface area (Å²) in [6, 6.07) is 12.6. The fourth-order valence-corrected chi connectivity index (χ4v) is 9.91. The molecular weight excluding hydrogens is 534 g/mol. The first-order chi connectivity index (χ1) is 19.7. The highest BCUT2D eigenvalue weighted by atomic mass is 16.5. The van der Waals surface area contributed by atoms with Crippen LogP contribution in [-0.4, -0.2) is 62.7 Å². The molecule has 9 N–H and O–H groups in total. The van der Waals surface area contributed by atoms with Crippen LogP contribution in [0.2, 0.25) is 0 Å². The van der Waals surface area contributed by atoms with E-state index in [9.17, 15) is 24.9 Å². The lowest BCUT2D eigenvalue weighted by Gasteiger charge is -2.71. The third-order valence-corrected chi connectivity index (χ3v) is 12.1. The summed E-state index contributed by atoms with van der Waals surface area (Å²) in [4.78, 5) is 25.5. The second kappa shape index (κ2) is 9.59. The van der Waals surface area contributed by atoms with Gasteiger partial charge < -0.3 is 37.3 Å². The van der Waals surface area contributed by atoms with Gasteiger partial charge in [0.05, 0.1) is 17.8 Å². The van der Waals surface area contributed by atoms with E-state index in [0.717, 1.165) is 10.8 Å². The fourth-order valence-electron chi connectivity index (χ4n) is 9.91. The number of carboxylic acid groups (broad SMARTS) is 1. The number of esters is 1. The topological polar surface area (TPSA) is 182 Å². The van der Waals surface area contributed by atoms with Gasteiger partial charge >= 0.3 is 11.9 Å². The molecule has 4 saturated carbocycles. The molecule has 2 aromatic carbocycles. The molecule has 0 spiro atoms. The van der Waals surface area contributed by atoms with E-state index in [1.807, 2.05) is 43.3 Å². The average molecular weight is 578 g/mol. The summed E-state index contributed by atoms with van der Waals surface area (Å²) >= 11 is 0. The number of carboxylic acids is 1. The maximum Gasteiger partial charge on any atom is 0.336 e. The van der Waals surface area contributed by atoms with Crippen LogP contribution in [0.5, 0.6) is 0 Å². The first-order valence-corrected chi connectivity index (χ1v) is 15.0. The zero-order chi connectivity index (χ0) is 30.4. The van der Waals surface area contributed by atoms with Crippen LogP contribution < -0.4 is 17.2 Å². The zero-order valence-electron chi connectivity index (χ0n) is 24.5. The Morgan fingerprint density at radius 1 is 0.929 bits per heavy atom. The summed E-state index contributed by atoms with van der Waals surface area (Å²) < 4.78 is 5.89. The van der Waals surface area contributed by atoms with Crippen molar-refractivity contribution in [2.24, 2.45) is 39.9 Å². The maximum absolute atomic E-state index is 13.1. The van der Waals surface area contributed by atoms with E-state index < -0.39 is 70.0 Å². The Labute approximate surface area is 246 Å². The molecule has 0 bridgehead atoms. The number of aliphatic hydroxyl groups excluding tert-OH is 2. The second-order valence-corrected chi connectivity index (χ2v) is 13.9. The Morgan fingerprint density at radius 2 is 1.60 bits per heavy atom. The van der Waals surface area contributed by atoms with Crippen molar-refractivity contribution < 1.29 is 29.6 Å². The number of benzene rings is 2. The Kier molecular flexibility index (Phi) is 6.68. The number of nitrogens with two attached hydrogens (primary N) is 3. The third kappa shape index (κ3) is 3.80. The van der Waals surface area contributed by atoms with Gasteiger partial charge in [0.25, 0.3) is 0 Å². The molecule has 0 radical (unpaired) electrons. The molecule has 2 aromatic rings. The predicted octanol–water partition coefficient (Wildman–Crippen LogP) is 2.69. The number of fused-ring (bicyclic) bond motifs is 6. The number of hydrogen-bond acceptors (Lipinski definition) is 8. The zero-order valence-corrected chi connectivity index (χ0v) is 24.5. The van der Waals surface area contributed by atoms with Gasteiger partial charge in [0, 0.05) is 30.0 Å². The van der Waals surface area contributed by atoms with Crippen molar-refractivity contribution >= 4 is 28.3 Å². The van der Waals surface area contributed by atoms with Gasteiger partial charge in [-0.2, -0.15) is 0 Å². The van der Waals surface area contributed by atoms with Crippen molar-refractivity contribution in [3.8, 4) is 0 Å². The van der Waals surface area contributed by atoms with Gasteiger partial charge in [-0.05, 0) is 83.2 Å². The minimum absolute atomic E-state index is 0.0907. The molecule has 0 amide bonds. The molecule has 0 unspecified atom stereocenters. The molecule has 226 valence electrons. The largest absolute Gasteiger partial charge is 0.478 e. The fraction of sp³-hybridized carbons (Fsp3) is 0.576. The molecule has 0 saturated heterocycles. The van der Waals surface area contributed by atoms with Gasteiger partial charge in [-0.3, -0.25) is 4.79 Å². The third-order valence-electron chi connectivity index (χ3n) is 12.1. The van der Waals surface area contributed by atoms with Gasteiger partial charge in [-0.15, -0.1) is 0 Å². The molecule has 10 atom stereocenters. The monoisotopic (exact) mass is 577 g/mol. The number of rotatable bonds is 3. The minimum Gasteiger partial charge on any atom is -0.478 e. The van der Waals surface area contributed by atoms with E-state index in [-0.39, 0.29) is 12.0 Å². The predicted molar refractivity (Wildman–Crippen MR) is 159 cm³/mol. The van der Waals surface area contributed by atoms with Gasteiger partial charge in [-0.25, -0.2) is 4.79 Å². The summed E-state index contributed by atoms with van der Waals surface area (Å²) in [5.41, 5.74) is 19.0. The lowest BCUT2D eigenvalue weighted by Crippen LogP contribution is -2.82. The number of carbonyl (C=O) groups excluding carboxylic acids is 1. The molecular formula is C33H43N3O6. The van der Waals surface area contributed by atoms with Gasteiger partial charge in [0.2, 0.25) is 0 Å². The summed E-state index contributed by atoms with van der Waals surface area (Å²) in [6.07, 6.45) is 0.0579. The van der Waals surface area contributed by atoms with E-state index in [2.05, 4.69) is 6.92 Å².